The predicted molar refractivity (Wildman–Crippen MR) is 85.1 cm³/mol. The third-order valence-corrected chi connectivity index (χ3v) is 4.21. The van der Waals surface area contributed by atoms with E-state index in [-0.39, 0.29) is 13.4 Å². The van der Waals surface area contributed by atoms with Crippen LogP contribution in [-0.4, -0.2) is 52.6 Å². The van der Waals surface area contributed by atoms with Crippen LogP contribution in [0.5, 0.6) is 17.2 Å². The van der Waals surface area contributed by atoms with E-state index < -0.39 is 6.10 Å². The molecule has 0 fully saturated rings. The molecule has 4 rings (SSSR count). The van der Waals surface area contributed by atoms with Crippen LogP contribution in [0, 0.1) is 0 Å². The van der Waals surface area contributed by atoms with Crippen LogP contribution in [0.25, 0.3) is 0 Å². The van der Waals surface area contributed by atoms with Crippen molar-refractivity contribution in [2.45, 2.75) is 19.1 Å². The van der Waals surface area contributed by atoms with E-state index in [0.29, 0.717) is 18.0 Å². The highest BCUT2D eigenvalue weighted by molar-refractivity contribution is 5.46. The highest BCUT2D eigenvalue weighted by Gasteiger charge is 2.20. The minimum absolute atomic E-state index is 0.229. The number of fused-ring (bicyclic) bond motifs is 2. The SMILES string of the molecule is O[C@H](COc1ccc2c(c1)OCO2)CN1CCc2cncnc2C1. The highest BCUT2D eigenvalue weighted by atomic mass is 16.7. The number of aromatic nitrogens is 2. The van der Waals surface area contributed by atoms with Gasteiger partial charge in [0.25, 0.3) is 0 Å². The maximum absolute atomic E-state index is 10.2. The van der Waals surface area contributed by atoms with Crippen LogP contribution in [0.3, 0.4) is 0 Å². The Balaban J connectivity index is 1.29. The van der Waals surface area contributed by atoms with E-state index in [1.54, 1.807) is 12.4 Å². The molecule has 1 N–H and O–H groups in total. The minimum Gasteiger partial charge on any atom is -0.491 e. The maximum atomic E-state index is 10.2. The van der Waals surface area contributed by atoms with Crippen molar-refractivity contribution in [1.29, 1.82) is 0 Å². The van der Waals surface area contributed by atoms with Crippen molar-refractivity contribution >= 4 is 0 Å². The smallest absolute Gasteiger partial charge is 0.231 e. The first-order chi connectivity index (χ1) is 11.8. The summed E-state index contributed by atoms with van der Waals surface area (Å²) in [6.45, 7) is 2.64. The van der Waals surface area contributed by atoms with E-state index in [2.05, 4.69) is 14.9 Å². The maximum Gasteiger partial charge on any atom is 0.231 e. The van der Waals surface area contributed by atoms with Crippen LogP contribution in [-0.2, 0) is 13.0 Å². The van der Waals surface area contributed by atoms with Crippen molar-refractivity contribution in [2.75, 3.05) is 26.5 Å². The predicted octanol–water partition coefficient (Wildman–Crippen LogP) is 1.00. The van der Waals surface area contributed by atoms with Crippen molar-refractivity contribution in [1.82, 2.24) is 14.9 Å². The summed E-state index contributed by atoms with van der Waals surface area (Å²) in [6.07, 6.45) is 3.78. The van der Waals surface area contributed by atoms with E-state index in [1.165, 1.54) is 5.56 Å². The number of aliphatic hydroxyl groups is 1. The zero-order valence-corrected chi connectivity index (χ0v) is 13.2. The Bertz CT molecular complexity index is 725. The fourth-order valence-corrected chi connectivity index (χ4v) is 2.97. The van der Waals surface area contributed by atoms with Crippen LogP contribution < -0.4 is 14.2 Å². The first kappa shape index (κ1) is 15.2. The number of β-amino-alcohol motifs (C(OH)–C–C–N with tert-alkyl or cyclic N) is 1. The zero-order valence-electron chi connectivity index (χ0n) is 13.2. The fourth-order valence-electron chi connectivity index (χ4n) is 2.97. The molecule has 1 aromatic carbocycles. The summed E-state index contributed by atoms with van der Waals surface area (Å²) in [5, 5.41) is 10.2. The Kier molecular flexibility index (Phi) is 4.18. The number of benzene rings is 1. The molecule has 0 bridgehead atoms. The molecule has 24 heavy (non-hydrogen) atoms. The summed E-state index contributed by atoms with van der Waals surface area (Å²) < 4.78 is 16.2. The lowest BCUT2D eigenvalue weighted by Crippen LogP contribution is -2.39. The molecule has 2 aliphatic heterocycles. The third kappa shape index (κ3) is 3.27. The average molecular weight is 329 g/mol. The first-order valence-electron chi connectivity index (χ1n) is 7.98. The second-order valence-corrected chi connectivity index (χ2v) is 5.96. The molecule has 0 unspecified atom stereocenters. The van der Waals surface area contributed by atoms with Gasteiger partial charge in [-0.1, -0.05) is 0 Å². The Morgan fingerprint density at radius 3 is 3.17 bits per heavy atom. The number of aliphatic hydroxyl groups excluding tert-OH is 1. The lowest BCUT2D eigenvalue weighted by Gasteiger charge is -2.29. The zero-order chi connectivity index (χ0) is 16.4. The van der Waals surface area contributed by atoms with Gasteiger partial charge in [0, 0.05) is 31.9 Å². The molecule has 0 saturated carbocycles. The molecule has 0 saturated heterocycles. The molecule has 7 nitrogen and oxygen atoms in total. The van der Waals surface area contributed by atoms with Crippen LogP contribution in [0.4, 0.5) is 0 Å². The molecule has 1 aromatic heterocycles. The van der Waals surface area contributed by atoms with Crippen molar-refractivity contribution in [2.24, 2.45) is 0 Å². The molecule has 1 atom stereocenters. The van der Waals surface area contributed by atoms with Crippen LogP contribution in [0.1, 0.15) is 11.3 Å². The van der Waals surface area contributed by atoms with Gasteiger partial charge in [-0.3, -0.25) is 4.90 Å². The monoisotopic (exact) mass is 329 g/mol. The molecule has 0 aliphatic carbocycles. The van der Waals surface area contributed by atoms with Gasteiger partial charge in [-0.05, 0) is 24.1 Å². The molecular formula is C17H19N3O4. The summed E-state index contributed by atoms with van der Waals surface area (Å²) in [4.78, 5) is 10.5. The summed E-state index contributed by atoms with van der Waals surface area (Å²) in [5.74, 6) is 2.06. The highest BCUT2D eigenvalue weighted by Crippen LogP contribution is 2.35. The van der Waals surface area contributed by atoms with Gasteiger partial charge in [-0.2, -0.15) is 0 Å². The largest absolute Gasteiger partial charge is 0.491 e. The number of hydrogen-bond donors (Lipinski definition) is 1. The number of nitrogens with zero attached hydrogens (tertiary/aromatic N) is 3. The average Bonchev–Trinajstić information content (AvgIpc) is 3.07. The molecule has 0 radical (unpaired) electrons. The van der Waals surface area contributed by atoms with Gasteiger partial charge in [0.2, 0.25) is 6.79 Å². The van der Waals surface area contributed by atoms with E-state index in [0.717, 1.165) is 31.0 Å². The van der Waals surface area contributed by atoms with Gasteiger partial charge in [-0.25, -0.2) is 9.97 Å². The van der Waals surface area contributed by atoms with Gasteiger partial charge < -0.3 is 19.3 Å². The Morgan fingerprint density at radius 2 is 2.21 bits per heavy atom. The molecule has 2 aromatic rings. The lowest BCUT2D eigenvalue weighted by atomic mass is 10.1. The molecule has 3 heterocycles. The summed E-state index contributed by atoms with van der Waals surface area (Å²) in [5.41, 5.74) is 2.24. The van der Waals surface area contributed by atoms with E-state index >= 15 is 0 Å². The van der Waals surface area contributed by atoms with Crippen molar-refractivity contribution in [3.8, 4) is 17.2 Å². The van der Waals surface area contributed by atoms with Gasteiger partial charge in [0.15, 0.2) is 11.5 Å². The molecule has 2 aliphatic rings. The van der Waals surface area contributed by atoms with Crippen molar-refractivity contribution in [3.63, 3.8) is 0 Å². The van der Waals surface area contributed by atoms with Crippen LogP contribution >= 0.6 is 0 Å². The fraction of sp³-hybridized carbons (Fsp3) is 0.412. The quantitative estimate of drug-likeness (QED) is 0.877. The summed E-state index contributed by atoms with van der Waals surface area (Å²) in [7, 11) is 0. The molecule has 7 heteroatoms. The van der Waals surface area contributed by atoms with E-state index in [9.17, 15) is 5.11 Å². The van der Waals surface area contributed by atoms with Crippen molar-refractivity contribution < 1.29 is 19.3 Å². The number of ether oxygens (including phenoxy) is 3. The second-order valence-electron chi connectivity index (χ2n) is 5.96. The van der Waals surface area contributed by atoms with E-state index in [4.69, 9.17) is 14.2 Å². The van der Waals surface area contributed by atoms with Crippen molar-refractivity contribution in [3.05, 3.63) is 42.0 Å². The molecule has 126 valence electrons. The Hall–Kier alpha value is -2.38. The number of hydrogen-bond acceptors (Lipinski definition) is 7. The Labute approximate surface area is 139 Å². The van der Waals surface area contributed by atoms with Gasteiger partial charge in [-0.15, -0.1) is 0 Å². The lowest BCUT2D eigenvalue weighted by molar-refractivity contribution is 0.0631. The minimum atomic E-state index is -0.571. The molecule has 0 amide bonds. The number of rotatable bonds is 5. The van der Waals surface area contributed by atoms with Gasteiger partial charge >= 0.3 is 0 Å². The normalized spacial score (nSPS) is 17.4. The first-order valence-corrected chi connectivity index (χ1v) is 7.98. The van der Waals surface area contributed by atoms with Gasteiger partial charge in [0.05, 0.1) is 5.69 Å². The van der Waals surface area contributed by atoms with Crippen LogP contribution in [0.2, 0.25) is 0 Å². The second kappa shape index (κ2) is 6.62. The summed E-state index contributed by atoms with van der Waals surface area (Å²) >= 11 is 0. The van der Waals surface area contributed by atoms with E-state index in [1.807, 2.05) is 18.3 Å². The molecule has 0 spiro atoms. The van der Waals surface area contributed by atoms with Crippen LogP contribution in [0.15, 0.2) is 30.7 Å². The van der Waals surface area contributed by atoms with Gasteiger partial charge in [0.1, 0.15) is 24.8 Å². The third-order valence-electron chi connectivity index (χ3n) is 4.21. The topological polar surface area (TPSA) is 76.9 Å². The standard InChI is InChI=1S/C17H19N3O4/c21-13(7-20-4-3-12-6-18-10-19-15(12)8-20)9-22-14-1-2-16-17(5-14)24-11-23-16/h1-2,5-6,10,13,21H,3-4,7-9,11H2/t13-/m0/s1. The summed E-state index contributed by atoms with van der Waals surface area (Å²) in [6, 6.07) is 5.41. The molecular weight excluding hydrogens is 310 g/mol. The Morgan fingerprint density at radius 1 is 1.29 bits per heavy atom.